The number of imidazole rings is 1. The number of rotatable bonds is 7. The molecule has 0 unspecified atom stereocenters. The fourth-order valence-electron chi connectivity index (χ4n) is 1.71. The molecule has 8 heteroatoms. The van der Waals surface area contributed by atoms with Gasteiger partial charge in [-0.25, -0.2) is 4.98 Å². The molecule has 1 amide bonds. The predicted molar refractivity (Wildman–Crippen MR) is 75.6 cm³/mol. The minimum atomic E-state index is -0.654. The van der Waals surface area contributed by atoms with Crippen LogP contribution in [0, 0.1) is 0 Å². The van der Waals surface area contributed by atoms with Crippen LogP contribution >= 0.6 is 0 Å². The summed E-state index contributed by atoms with van der Waals surface area (Å²) in [6.07, 6.45) is 1.32. The highest BCUT2D eigenvalue weighted by Gasteiger charge is 2.11. The van der Waals surface area contributed by atoms with Gasteiger partial charge in [0.25, 0.3) is 5.91 Å². The minimum Gasteiger partial charge on any atom is -0.394 e. The Hall–Kier alpha value is -2.74. The summed E-state index contributed by atoms with van der Waals surface area (Å²) in [5.74, 6) is -0.531. The van der Waals surface area contributed by atoms with Gasteiger partial charge in [-0.05, 0) is 5.56 Å². The first kappa shape index (κ1) is 14.7. The molecule has 1 heterocycles. The van der Waals surface area contributed by atoms with E-state index in [-0.39, 0.29) is 18.1 Å². The maximum atomic E-state index is 11.1. The molecule has 21 heavy (non-hydrogen) atoms. The molecule has 0 saturated heterocycles. The van der Waals surface area contributed by atoms with Gasteiger partial charge in [0.2, 0.25) is 5.82 Å². The number of aromatic amines is 1. The number of aliphatic hydroxyl groups excluding tert-OH is 1. The van der Waals surface area contributed by atoms with Gasteiger partial charge in [0.1, 0.15) is 0 Å². The molecule has 110 valence electrons. The van der Waals surface area contributed by atoms with Crippen LogP contribution in [0.25, 0.3) is 0 Å². The molecule has 0 saturated carbocycles. The van der Waals surface area contributed by atoms with Gasteiger partial charge in [0.05, 0.1) is 26.0 Å². The lowest BCUT2D eigenvalue weighted by Gasteiger charge is -2.16. The number of primary amides is 1. The number of benzene rings is 1. The lowest BCUT2D eigenvalue weighted by Crippen LogP contribution is -2.20. The van der Waals surface area contributed by atoms with Crippen molar-refractivity contribution in [3.8, 4) is 0 Å². The van der Waals surface area contributed by atoms with Gasteiger partial charge in [0.15, 0.2) is 5.69 Å². The standard InChI is InChI=1S/C13H16N6O2/c14-12(21)11-13(16-9-15-11)17-18-19(6-7-20)8-10-4-2-1-3-5-10/h1-5,9,20H,6-8H2,(H2,14,21)(H,15,16)/b18-17-. The Morgan fingerprint density at radius 1 is 1.38 bits per heavy atom. The first-order valence-corrected chi connectivity index (χ1v) is 6.35. The molecule has 0 spiro atoms. The summed E-state index contributed by atoms with van der Waals surface area (Å²) in [7, 11) is 0. The van der Waals surface area contributed by atoms with Crippen molar-refractivity contribution in [1.82, 2.24) is 15.0 Å². The van der Waals surface area contributed by atoms with Gasteiger partial charge in [0, 0.05) is 0 Å². The summed E-state index contributed by atoms with van der Waals surface area (Å²) in [6, 6.07) is 9.65. The molecule has 0 radical (unpaired) electrons. The van der Waals surface area contributed by atoms with E-state index in [1.807, 2.05) is 30.3 Å². The first-order chi connectivity index (χ1) is 10.2. The van der Waals surface area contributed by atoms with Crippen molar-refractivity contribution in [2.24, 2.45) is 16.1 Å². The monoisotopic (exact) mass is 288 g/mol. The Balaban J connectivity index is 2.10. The average molecular weight is 288 g/mol. The van der Waals surface area contributed by atoms with E-state index >= 15 is 0 Å². The Kier molecular flexibility index (Phi) is 4.99. The summed E-state index contributed by atoms with van der Waals surface area (Å²) in [4.78, 5) is 17.6. The zero-order valence-corrected chi connectivity index (χ0v) is 11.3. The van der Waals surface area contributed by atoms with E-state index < -0.39 is 5.91 Å². The topological polar surface area (TPSA) is 120 Å². The molecule has 2 aromatic rings. The van der Waals surface area contributed by atoms with E-state index in [2.05, 4.69) is 20.3 Å². The molecule has 1 aromatic heterocycles. The summed E-state index contributed by atoms with van der Waals surface area (Å²) in [5.41, 5.74) is 6.31. The molecule has 0 bridgehead atoms. The van der Waals surface area contributed by atoms with Crippen LogP contribution in [-0.2, 0) is 6.54 Å². The van der Waals surface area contributed by atoms with E-state index in [0.29, 0.717) is 13.1 Å². The maximum absolute atomic E-state index is 11.1. The van der Waals surface area contributed by atoms with Gasteiger partial charge in [-0.2, -0.15) is 0 Å². The van der Waals surface area contributed by atoms with Gasteiger partial charge < -0.3 is 15.8 Å². The number of aromatic nitrogens is 2. The first-order valence-electron chi connectivity index (χ1n) is 6.35. The van der Waals surface area contributed by atoms with E-state index in [1.54, 1.807) is 5.01 Å². The predicted octanol–water partition coefficient (Wildman–Crippen LogP) is 1.00. The summed E-state index contributed by atoms with van der Waals surface area (Å²) in [5, 5.41) is 18.6. The normalized spacial score (nSPS) is 10.9. The van der Waals surface area contributed by atoms with Crippen LogP contribution in [-0.4, -0.2) is 39.1 Å². The molecule has 0 aliphatic rings. The van der Waals surface area contributed by atoms with Crippen molar-refractivity contribution < 1.29 is 9.90 Å². The molecule has 2 rings (SSSR count). The van der Waals surface area contributed by atoms with Crippen LogP contribution in [0.1, 0.15) is 16.1 Å². The summed E-state index contributed by atoms with van der Waals surface area (Å²) >= 11 is 0. The van der Waals surface area contributed by atoms with Gasteiger partial charge in [-0.15, -0.1) is 5.11 Å². The molecule has 4 N–H and O–H groups in total. The number of carbonyl (C=O) groups is 1. The largest absolute Gasteiger partial charge is 0.394 e. The van der Waals surface area contributed by atoms with Crippen molar-refractivity contribution in [3.63, 3.8) is 0 Å². The minimum absolute atomic E-state index is 0.0604. The summed E-state index contributed by atoms with van der Waals surface area (Å²) in [6.45, 7) is 0.741. The Morgan fingerprint density at radius 3 is 2.81 bits per heavy atom. The fraction of sp³-hybridized carbons (Fsp3) is 0.231. The molecule has 0 atom stereocenters. The highest BCUT2D eigenvalue weighted by atomic mass is 16.3. The third-order valence-electron chi connectivity index (χ3n) is 2.70. The third-order valence-corrected chi connectivity index (χ3v) is 2.70. The van der Waals surface area contributed by atoms with Gasteiger partial charge in [-0.1, -0.05) is 35.6 Å². The SMILES string of the molecule is NC(=O)c1[nH]cnc1/N=N\N(CCO)Cc1ccccc1. The van der Waals surface area contributed by atoms with Crippen molar-refractivity contribution in [2.75, 3.05) is 13.2 Å². The Labute approximate surface area is 121 Å². The smallest absolute Gasteiger partial charge is 0.269 e. The highest BCUT2D eigenvalue weighted by molar-refractivity contribution is 5.94. The van der Waals surface area contributed by atoms with Crippen LogP contribution in [0.3, 0.4) is 0 Å². The van der Waals surface area contributed by atoms with Crippen LogP contribution < -0.4 is 5.73 Å². The van der Waals surface area contributed by atoms with Crippen molar-refractivity contribution >= 4 is 11.7 Å². The number of carbonyl (C=O) groups excluding carboxylic acids is 1. The quantitative estimate of drug-likeness (QED) is 0.520. The number of H-pyrrole nitrogens is 1. The van der Waals surface area contributed by atoms with Crippen LogP contribution in [0.2, 0.25) is 0 Å². The van der Waals surface area contributed by atoms with Crippen LogP contribution in [0.5, 0.6) is 0 Å². The zero-order valence-electron chi connectivity index (χ0n) is 11.3. The molecule has 0 aliphatic heterocycles. The molecule has 8 nitrogen and oxygen atoms in total. The van der Waals surface area contributed by atoms with Gasteiger partial charge in [-0.3, -0.25) is 9.80 Å². The molecule has 0 fully saturated rings. The number of hydrogen-bond acceptors (Lipinski definition) is 5. The van der Waals surface area contributed by atoms with Crippen LogP contribution in [0.15, 0.2) is 47.0 Å². The Morgan fingerprint density at radius 2 is 2.14 bits per heavy atom. The lowest BCUT2D eigenvalue weighted by molar-refractivity contribution is 0.0996. The molecule has 1 aromatic carbocycles. The second-order valence-corrected chi connectivity index (χ2v) is 4.25. The lowest BCUT2D eigenvalue weighted by atomic mass is 10.2. The van der Waals surface area contributed by atoms with Gasteiger partial charge >= 0.3 is 0 Å². The number of aliphatic hydroxyl groups is 1. The highest BCUT2D eigenvalue weighted by Crippen LogP contribution is 2.14. The van der Waals surface area contributed by atoms with E-state index in [9.17, 15) is 4.79 Å². The van der Waals surface area contributed by atoms with E-state index in [1.165, 1.54) is 6.33 Å². The Bertz CT molecular complexity index is 610. The number of nitrogens with two attached hydrogens (primary N) is 1. The van der Waals surface area contributed by atoms with Crippen molar-refractivity contribution in [1.29, 1.82) is 0 Å². The molecule has 0 aliphatic carbocycles. The second-order valence-electron chi connectivity index (χ2n) is 4.25. The number of hydrogen-bond donors (Lipinski definition) is 3. The molecular weight excluding hydrogens is 272 g/mol. The summed E-state index contributed by atoms with van der Waals surface area (Å²) < 4.78 is 0. The number of nitrogens with one attached hydrogen (secondary N) is 1. The van der Waals surface area contributed by atoms with Crippen molar-refractivity contribution in [3.05, 3.63) is 47.9 Å². The second kappa shape index (κ2) is 7.15. The zero-order chi connectivity index (χ0) is 15.1. The number of nitrogens with zero attached hydrogens (tertiary/aromatic N) is 4. The van der Waals surface area contributed by atoms with Crippen molar-refractivity contribution in [2.45, 2.75) is 6.54 Å². The van der Waals surface area contributed by atoms with E-state index in [4.69, 9.17) is 10.8 Å². The van der Waals surface area contributed by atoms with Crippen LogP contribution in [0.4, 0.5) is 5.82 Å². The maximum Gasteiger partial charge on any atom is 0.269 e. The average Bonchev–Trinajstić information content (AvgIpc) is 2.95. The third kappa shape index (κ3) is 4.11. The fourth-order valence-corrected chi connectivity index (χ4v) is 1.71. The van der Waals surface area contributed by atoms with E-state index in [0.717, 1.165) is 5.56 Å². The number of amides is 1. The molecular formula is C13H16N6O2.